The molecule has 0 aliphatic heterocycles. The second-order valence-electron chi connectivity index (χ2n) is 14.1. The van der Waals surface area contributed by atoms with E-state index < -0.39 is 0 Å². The average Bonchev–Trinajstić information content (AvgIpc) is 3.61. The highest BCUT2D eigenvalue weighted by atomic mass is 32.1. The van der Waals surface area contributed by atoms with Crippen LogP contribution < -0.4 is 4.90 Å². The number of benzene rings is 10. The molecule has 0 aliphatic carbocycles. The molecule has 0 saturated carbocycles. The van der Waals surface area contributed by atoms with Gasteiger partial charge in [-0.25, -0.2) is 0 Å². The zero-order chi connectivity index (χ0) is 35.6. The third kappa shape index (κ3) is 5.07. The Morgan fingerprint density at radius 3 is 1.78 bits per heavy atom. The van der Waals surface area contributed by atoms with Crippen LogP contribution in [0.5, 0.6) is 0 Å². The van der Waals surface area contributed by atoms with E-state index in [0.717, 1.165) is 11.4 Å². The summed E-state index contributed by atoms with van der Waals surface area (Å²) >= 11 is 1.88. The van der Waals surface area contributed by atoms with E-state index in [2.05, 4.69) is 205 Å². The molecule has 0 unspecified atom stereocenters. The van der Waals surface area contributed by atoms with Crippen LogP contribution in [-0.4, -0.2) is 0 Å². The fourth-order valence-corrected chi connectivity index (χ4v) is 9.58. The van der Waals surface area contributed by atoms with E-state index in [9.17, 15) is 0 Å². The van der Waals surface area contributed by atoms with Gasteiger partial charge in [-0.05, 0) is 114 Å². The van der Waals surface area contributed by atoms with Gasteiger partial charge in [-0.1, -0.05) is 152 Å². The lowest BCUT2D eigenvalue weighted by molar-refractivity contribution is 1.30. The second kappa shape index (κ2) is 12.4. The number of nitrogens with zero attached hydrogens (tertiary/aromatic N) is 1. The minimum Gasteiger partial charge on any atom is -0.309 e. The third-order valence-electron chi connectivity index (χ3n) is 11.0. The van der Waals surface area contributed by atoms with E-state index in [-0.39, 0.29) is 0 Å². The van der Waals surface area contributed by atoms with E-state index in [0.29, 0.717) is 0 Å². The minimum atomic E-state index is 1.12. The monoisotopic (exact) mass is 703 g/mol. The van der Waals surface area contributed by atoms with Crippen molar-refractivity contribution in [2.24, 2.45) is 0 Å². The highest BCUT2D eigenvalue weighted by Gasteiger charge is 2.19. The number of fused-ring (bicyclic) bond motifs is 9. The summed E-state index contributed by atoms with van der Waals surface area (Å²) in [5.74, 6) is 0. The van der Waals surface area contributed by atoms with Gasteiger partial charge in [0.15, 0.2) is 0 Å². The first-order chi connectivity index (χ1) is 26.7. The van der Waals surface area contributed by atoms with Gasteiger partial charge in [0.1, 0.15) is 0 Å². The molecule has 0 saturated heterocycles. The van der Waals surface area contributed by atoms with Gasteiger partial charge in [0.2, 0.25) is 0 Å². The van der Waals surface area contributed by atoms with Crippen LogP contribution in [0.25, 0.3) is 85.5 Å². The number of anilines is 3. The maximum Gasteiger partial charge on any atom is 0.0640 e. The van der Waals surface area contributed by atoms with Crippen molar-refractivity contribution in [2.75, 3.05) is 4.90 Å². The van der Waals surface area contributed by atoms with E-state index in [1.807, 2.05) is 11.3 Å². The molecule has 0 fully saturated rings. The number of rotatable bonds is 5. The Balaban J connectivity index is 1.06. The zero-order valence-electron chi connectivity index (χ0n) is 29.4. The number of hydrogen-bond acceptors (Lipinski definition) is 2. The van der Waals surface area contributed by atoms with Crippen LogP contribution in [0.1, 0.15) is 0 Å². The summed E-state index contributed by atoms with van der Waals surface area (Å²) < 4.78 is 2.59. The predicted octanol–water partition coefficient (Wildman–Crippen LogP) is 15.5. The first-order valence-corrected chi connectivity index (χ1v) is 19.3. The molecule has 0 amide bonds. The summed E-state index contributed by atoms with van der Waals surface area (Å²) in [4.78, 5) is 2.44. The molecule has 0 spiro atoms. The summed E-state index contributed by atoms with van der Waals surface area (Å²) in [6.07, 6.45) is 0. The van der Waals surface area contributed by atoms with Crippen LogP contribution in [-0.2, 0) is 0 Å². The molecule has 0 atom stereocenters. The molecule has 11 aromatic rings. The lowest BCUT2D eigenvalue weighted by Gasteiger charge is -2.27. The van der Waals surface area contributed by atoms with Crippen molar-refractivity contribution in [2.45, 2.75) is 0 Å². The number of hydrogen-bond donors (Lipinski definition) is 0. The van der Waals surface area contributed by atoms with E-state index in [1.165, 1.54) is 91.2 Å². The van der Waals surface area contributed by atoms with Gasteiger partial charge < -0.3 is 4.90 Å². The standard InChI is InChI=1S/C52H33NS/c1-2-10-34(11-3-1)38-15-8-16-44(31-38)53(49-19-9-18-47-48-32-39-13-4-5-14-40(39)33-50(48)54-52(47)49)43-27-24-35(25-28-43)41-26-29-46-42(30-41)23-22-37-21-20-36-12-6-7-17-45(36)51(37)46/h1-33H. The fourth-order valence-electron chi connectivity index (χ4n) is 8.35. The molecule has 54 heavy (non-hydrogen) atoms. The van der Waals surface area contributed by atoms with Gasteiger partial charge in [-0.2, -0.15) is 0 Å². The Labute approximate surface area is 317 Å². The highest BCUT2D eigenvalue weighted by Crippen LogP contribution is 2.46. The third-order valence-corrected chi connectivity index (χ3v) is 12.2. The Morgan fingerprint density at radius 1 is 0.315 bits per heavy atom. The van der Waals surface area contributed by atoms with Gasteiger partial charge in [0.05, 0.1) is 10.4 Å². The molecular weight excluding hydrogens is 671 g/mol. The van der Waals surface area contributed by atoms with Crippen LogP contribution in [0.4, 0.5) is 17.1 Å². The lowest BCUT2D eigenvalue weighted by atomic mass is 9.94. The molecule has 1 nitrogen and oxygen atoms in total. The Kier molecular flexibility index (Phi) is 7.11. The van der Waals surface area contributed by atoms with Gasteiger partial charge in [-0.3, -0.25) is 0 Å². The summed E-state index contributed by atoms with van der Waals surface area (Å²) in [5.41, 5.74) is 8.25. The summed E-state index contributed by atoms with van der Waals surface area (Å²) in [6, 6.07) is 73.5. The first kappa shape index (κ1) is 30.8. The van der Waals surface area contributed by atoms with Gasteiger partial charge in [0, 0.05) is 26.8 Å². The molecular formula is C52H33NS. The van der Waals surface area contributed by atoms with Crippen molar-refractivity contribution in [3.05, 3.63) is 200 Å². The molecule has 2 heteroatoms. The second-order valence-corrected chi connectivity index (χ2v) is 15.2. The molecule has 0 bridgehead atoms. The molecule has 10 aromatic carbocycles. The predicted molar refractivity (Wildman–Crippen MR) is 235 cm³/mol. The van der Waals surface area contributed by atoms with Gasteiger partial charge in [0.25, 0.3) is 0 Å². The van der Waals surface area contributed by atoms with Gasteiger partial charge in [-0.15, -0.1) is 11.3 Å². The average molecular weight is 704 g/mol. The van der Waals surface area contributed by atoms with Crippen LogP contribution >= 0.6 is 11.3 Å². The maximum atomic E-state index is 2.44. The normalized spacial score (nSPS) is 11.7. The van der Waals surface area contributed by atoms with Crippen molar-refractivity contribution < 1.29 is 0 Å². The topological polar surface area (TPSA) is 3.24 Å². The number of thiophene rings is 1. The summed E-state index contributed by atoms with van der Waals surface area (Å²) in [6.45, 7) is 0. The van der Waals surface area contributed by atoms with Crippen molar-refractivity contribution in [3.8, 4) is 22.3 Å². The van der Waals surface area contributed by atoms with Crippen LogP contribution in [0, 0.1) is 0 Å². The molecule has 0 radical (unpaired) electrons. The fraction of sp³-hybridized carbons (Fsp3) is 0. The molecule has 252 valence electrons. The van der Waals surface area contributed by atoms with Crippen LogP contribution in [0.3, 0.4) is 0 Å². The summed E-state index contributed by atoms with van der Waals surface area (Å²) in [5, 5.41) is 12.9. The zero-order valence-corrected chi connectivity index (χ0v) is 30.2. The summed E-state index contributed by atoms with van der Waals surface area (Å²) in [7, 11) is 0. The molecule has 0 aliphatic rings. The lowest BCUT2D eigenvalue weighted by Crippen LogP contribution is -2.10. The SMILES string of the molecule is c1ccc(-c2cccc(N(c3ccc(-c4ccc5c(ccc6ccc7ccccc7c65)c4)cc3)c3cccc4c3sc3cc5ccccc5cc34)c2)cc1. The van der Waals surface area contributed by atoms with Crippen molar-refractivity contribution in [3.63, 3.8) is 0 Å². The Morgan fingerprint density at radius 2 is 0.926 bits per heavy atom. The molecule has 1 aromatic heterocycles. The maximum absolute atomic E-state index is 2.44. The highest BCUT2D eigenvalue weighted by molar-refractivity contribution is 7.26. The van der Waals surface area contributed by atoms with E-state index >= 15 is 0 Å². The van der Waals surface area contributed by atoms with E-state index in [1.54, 1.807) is 0 Å². The molecule has 0 N–H and O–H groups in total. The van der Waals surface area contributed by atoms with Crippen molar-refractivity contribution in [1.29, 1.82) is 0 Å². The quantitative estimate of drug-likeness (QED) is 0.161. The Hall–Kier alpha value is -6.74. The van der Waals surface area contributed by atoms with Crippen LogP contribution in [0.15, 0.2) is 200 Å². The largest absolute Gasteiger partial charge is 0.309 e. The Bertz CT molecular complexity index is 3210. The van der Waals surface area contributed by atoms with Crippen molar-refractivity contribution >= 4 is 91.7 Å². The van der Waals surface area contributed by atoms with Crippen LogP contribution in [0.2, 0.25) is 0 Å². The first-order valence-electron chi connectivity index (χ1n) is 18.5. The molecule has 1 heterocycles. The van der Waals surface area contributed by atoms with Crippen molar-refractivity contribution in [1.82, 2.24) is 0 Å². The minimum absolute atomic E-state index is 1.12. The molecule has 11 rings (SSSR count). The van der Waals surface area contributed by atoms with Gasteiger partial charge >= 0.3 is 0 Å². The van der Waals surface area contributed by atoms with E-state index in [4.69, 9.17) is 0 Å². The smallest absolute Gasteiger partial charge is 0.0640 e.